The van der Waals surface area contributed by atoms with E-state index in [-0.39, 0.29) is 12.3 Å². The van der Waals surface area contributed by atoms with E-state index >= 15 is 0 Å². The van der Waals surface area contributed by atoms with Crippen molar-refractivity contribution in [3.8, 4) is 0 Å². The lowest BCUT2D eigenvalue weighted by atomic mass is 10.1. The number of hydrogen-bond acceptors (Lipinski definition) is 3. The molecule has 0 aliphatic heterocycles. The smallest absolute Gasteiger partial charge is 0.171 e. The van der Waals surface area contributed by atoms with Crippen LogP contribution in [0.5, 0.6) is 0 Å². The Morgan fingerprint density at radius 2 is 1.76 bits per heavy atom. The maximum Gasteiger partial charge on any atom is 0.171 e. The molecule has 0 amide bonds. The quantitative estimate of drug-likeness (QED) is 0.555. The normalized spacial score (nSPS) is 12.9. The van der Waals surface area contributed by atoms with Crippen LogP contribution in [0.3, 0.4) is 0 Å². The van der Waals surface area contributed by atoms with Gasteiger partial charge in [0.1, 0.15) is 0 Å². The second kappa shape index (κ2) is 8.23. The molecule has 96 valence electrons. The first-order chi connectivity index (χ1) is 8.27. The zero-order valence-electron chi connectivity index (χ0n) is 11.0. The van der Waals surface area contributed by atoms with Gasteiger partial charge >= 0.3 is 0 Å². The van der Waals surface area contributed by atoms with E-state index in [1.54, 1.807) is 14.2 Å². The molecule has 3 nitrogen and oxygen atoms in total. The number of nitrogens with one attached hydrogen (secondary N) is 1. The van der Waals surface area contributed by atoms with E-state index < -0.39 is 0 Å². The van der Waals surface area contributed by atoms with Crippen LogP contribution >= 0.6 is 0 Å². The molecule has 1 aromatic carbocycles. The largest absolute Gasteiger partial charge is 0.354 e. The molecule has 0 aliphatic rings. The maximum absolute atomic E-state index is 5.19. The lowest BCUT2D eigenvalue weighted by Crippen LogP contribution is -2.40. The Labute approximate surface area is 104 Å². The number of benzene rings is 1. The minimum atomic E-state index is -0.174. The molecule has 0 fully saturated rings. The number of rotatable bonds is 8. The topological polar surface area (TPSA) is 30.5 Å². The van der Waals surface area contributed by atoms with Crippen molar-refractivity contribution in [2.45, 2.75) is 32.1 Å². The molecule has 0 saturated heterocycles. The van der Waals surface area contributed by atoms with Crippen LogP contribution < -0.4 is 5.32 Å². The summed E-state index contributed by atoms with van der Waals surface area (Å²) in [5.74, 6) is 0. The third kappa shape index (κ3) is 5.31. The lowest BCUT2D eigenvalue weighted by molar-refractivity contribution is -0.119. The summed E-state index contributed by atoms with van der Waals surface area (Å²) < 4.78 is 10.4. The highest BCUT2D eigenvalue weighted by atomic mass is 16.7. The summed E-state index contributed by atoms with van der Waals surface area (Å²) in [5.41, 5.74) is 1.39. The van der Waals surface area contributed by atoms with Crippen molar-refractivity contribution in [2.24, 2.45) is 0 Å². The molecule has 3 heteroatoms. The van der Waals surface area contributed by atoms with Gasteiger partial charge in [0.05, 0.1) is 6.04 Å². The van der Waals surface area contributed by atoms with Gasteiger partial charge < -0.3 is 14.8 Å². The molecule has 0 spiro atoms. The summed E-state index contributed by atoms with van der Waals surface area (Å²) >= 11 is 0. The Hall–Kier alpha value is -0.900. The van der Waals surface area contributed by atoms with Crippen molar-refractivity contribution in [1.29, 1.82) is 0 Å². The van der Waals surface area contributed by atoms with Crippen molar-refractivity contribution in [3.63, 3.8) is 0 Å². The van der Waals surface area contributed by atoms with Crippen LogP contribution in [-0.4, -0.2) is 33.1 Å². The van der Waals surface area contributed by atoms with Gasteiger partial charge in [-0.1, -0.05) is 30.3 Å². The molecule has 0 aromatic heterocycles. The van der Waals surface area contributed by atoms with Gasteiger partial charge in [-0.3, -0.25) is 0 Å². The second-order valence-corrected chi connectivity index (χ2v) is 4.17. The molecule has 1 aromatic rings. The van der Waals surface area contributed by atoms with Crippen molar-refractivity contribution >= 4 is 0 Å². The van der Waals surface area contributed by atoms with Crippen LogP contribution in [0, 0.1) is 0 Å². The zero-order chi connectivity index (χ0) is 12.5. The highest BCUT2D eigenvalue weighted by molar-refractivity contribution is 5.14. The fourth-order valence-corrected chi connectivity index (χ4v) is 1.87. The third-order valence-corrected chi connectivity index (χ3v) is 2.82. The van der Waals surface area contributed by atoms with Crippen LogP contribution in [0.15, 0.2) is 30.3 Å². The van der Waals surface area contributed by atoms with Crippen LogP contribution in [0.4, 0.5) is 0 Å². The second-order valence-electron chi connectivity index (χ2n) is 4.17. The SMILES string of the molecule is COC(OC)C(C)NCCCc1ccccc1. The summed E-state index contributed by atoms with van der Waals surface area (Å²) in [5, 5.41) is 3.40. The lowest BCUT2D eigenvalue weighted by Gasteiger charge is -2.22. The fourth-order valence-electron chi connectivity index (χ4n) is 1.87. The van der Waals surface area contributed by atoms with Crippen LogP contribution in [0.25, 0.3) is 0 Å². The molecule has 1 rings (SSSR count). The summed E-state index contributed by atoms with van der Waals surface area (Å²) in [6.45, 7) is 3.04. The van der Waals surface area contributed by atoms with E-state index in [2.05, 4.69) is 36.5 Å². The van der Waals surface area contributed by atoms with Gasteiger partial charge in [0, 0.05) is 14.2 Å². The number of ether oxygens (including phenoxy) is 2. The van der Waals surface area contributed by atoms with Gasteiger partial charge in [0.25, 0.3) is 0 Å². The van der Waals surface area contributed by atoms with Gasteiger partial charge in [0.15, 0.2) is 6.29 Å². The van der Waals surface area contributed by atoms with Crippen LogP contribution in [-0.2, 0) is 15.9 Å². The van der Waals surface area contributed by atoms with Crippen molar-refractivity contribution in [2.75, 3.05) is 20.8 Å². The standard InChI is InChI=1S/C14H23NO2/c1-12(14(16-2)17-3)15-11-7-10-13-8-5-4-6-9-13/h4-6,8-9,12,14-15H,7,10-11H2,1-3H3. The van der Waals surface area contributed by atoms with Crippen molar-refractivity contribution in [3.05, 3.63) is 35.9 Å². The Bertz CT molecular complexity index is 286. The average Bonchev–Trinajstić information content (AvgIpc) is 2.37. The predicted octanol–water partition coefficient (Wildman–Crippen LogP) is 2.22. The van der Waals surface area contributed by atoms with Crippen molar-refractivity contribution < 1.29 is 9.47 Å². The number of methoxy groups -OCH3 is 2. The van der Waals surface area contributed by atoms with Crippen LogP contribution in [0.2, 0.25) is 0 Å². The first-order valence-corrected chi connectivity index (χ1v) is 6.11. The maximum atomic E-state index is 5.19. The minimum Gasteiger partial charge on any atom is -0.354 e. The average molecular weight is 237 g/mol. The van der Waals surface area contributed by atoms with E-state index in [0.29, 0.717) is 0 Å². The molecular formula is C14H23NO2. The Kier molecular flexibility index (Phi) is 6.86. The van der Waals surface area contributed by atoms with E-state index in [0.717, 1.165) is 19.4 Å². The third-order valence-electron chi connectivity index (χ3n) is 2.82. The van der Waals surface area contributed by atoms with E-state index in [4.69, 9.17) is 9.47 Å². The molecule has 1 atom stereocenters. The van der Waals surface area contributed by atoms with Gasteiger partial charge in [-0.15, -0.1) is 0 Å². The summed E-state index contributed by atoms with van der Waals surface area (Å²) in [7, 11) is 3.33. The van der Waals surface area contributed by atoms with Crippen LogP contribution in [0.1, 0.15) is 18.9 Å². The molecule has 0 heterocycles. The minimum absolute atomic E-state index is 0.174. The highest BCUT2D eigenvalue weighted by Gasteiger charge is 2.14. The van der Waals surface area contributed by atoms with Gasteiger partial charge in [-0.2, -0.15) is 0 Å². The van der Waals surface area contributed by atoms with E-state index in [1.165, 1.54) is 5.56 Å². The Morgan fingerprint density at radius 3 is 2.35 bits per heavy atom. The molecule has 0 radical (unpaired) electrons. The first kappa shape index (κ1) is 14.2. The van der Waals surface area contributed by atoms with Gasteiger partial charge in [0.2, 0.25) is 0 Å². The summed E-state index contributed by atoms with van der Waals surface area (Å²) in [6.07, 6.45) is 2.05. The Balaban J connectivity index is 2.16. The monoisotopic (exact) mass is 237 g/mol. The summed E-state index contributed by atoms with van der Waals surface area (Å²) in [6, 6.07) is 10.7. The molecule has 0 saturated carbocycles. The Morgan fingerprint density at radius 1 is 1.12 bits per heavy atom. The molecule has 1 N–H and O–H groups in total. The predicted molar refractivity (Wildman–Crippen MR) is 70.0 cm³/mol. The number of hydrogen-bond donors (Lipinski definition) is 1. The number of aryl methyl sites for hydroxylation is 1. The molecular weight excluding hydrogens is 214 g/mol. The van der Waals surface area contributed by atoms with Gasteiger partial charge in [-0.25, -0.2) is 0 Å². The molecule has 1 unspecified atom stereocenters. The highest BCUT2D eigenvalue weighted by Crippen LogP contribution is 2.03. The fraction of sp³-hybridized carbons (Fsp3) is 0.571. The van der Waals surface area contributed by atoms with E-state index in [1.807, 2.05) is 6.07 Å². The zero-order valence-corrected chi connectivity index (χ0v) is 11.0. The molecule has 0 bridgehead atoms. The van der Waals surface area contributed by atoms with E-state index in [9.17, 15) is 0 Å². The van der Waals surface area contributed by atoms with Crippen molar-refractivity contribution in [1.82, 2.24) is 5.32 Å². The molecule has 17 heavy (non-hydrogen) atoms. The van der Waals surface area contributed by atoms with Gasteiger partial charge in [-0.05, 0) is 31.9 Å². The molecule has 0 aliphatic carbocycles. The first-order valence-electron chi connectivity index (χ1n) is 6.11. The summed E-state index contributed by atoms with van der Waals surface area (Å²) in [4.78, 5) is 0.